The van der Waals surface area contributed by atoms with Crippen LogP contribution in [0.4, 0.5) is 0 Å². The van der Waals surface area contributed by atoms with E-state index < -0.39 is 10.0 Å². The second-order valence-electron chi connectivity index (χ2n) is 2.27. The summed E-state index contributed by atoms with van der Waals surface area (Å²) in [5.41, 5.74) is 0. The number of benzene rings is 1. The quantitative estimate of drug-likeness (QED) is 0.589. The second kappa shape index (κ2) is 4.10. The molecule has 72 valence electrons. The number of nitrogens with one attached hydrogen (secondary N) is 1. The maximum atomic E-state index is 11.0. The lowest BCUT2D eigenvalue weighted by Gasteiger charge is -2.01. The molecule has 0 aromatic heterocycles. The van der Waals surface area contributed by atoms with Gasteiger partial charge >= 0.3 is 0 Å². The Morgan fingerprint density at radius 1 is 1.31 bits per heavy atom. The molecule has 0 aliphatic heterocycles. The minimum absolute atomic E-state index is 0.0489. The molecule has 1 rings (SSSR count). The van der Waals surface area contributed by atoms with Crippen LogP contribution in [0.5, 0.6) is 0 Å². The van der Waals surface area contributed by atoms with Gasteiger partial charge in [0.25, 0.3) is 10.0 Å². The van der Waals surface area contributed by atoms with Gasteiger partial charge in [-0.2, -0.15) is 0 Å². The smallest absolute Gasteiger partial charge is 0.262 e. The van der Waals surface area contributed by atoms with E-state index in [1.807, 2.05) is 6.26 Å². The summed E-state index contributed by atoms with van der Waals surface area (Å²) in [6, 6.07) is 6.22. The van der Waals surface area contributed by atoms with Gasteiger partial charge in [-0.3, -0.25) is 0 Å². The fraction of sp³-hybridized carbons (Fsp3) is 0.143. The Labute approximate surface area is 81.0 Å². The summed E-state index contributed by atoms with van der Waals surface area (Å²) < 4.78 is 22.1. The molecule has 0 saturated carbocycles. The van der Waals surface area contributed by atoms with Crippen LogP contribution in [0.2, 0.25) is 0 Å². The third-order valence-corrected chi connectivity index (χ3v) is 3.37. The minimum atomic E-state index is -3.73. The van der Waals surface area contributed by atoms with Crippen LogP contribution in [0, 0.1) is 0 Å². The third-order valence-electron chi connectivity index (χ3n) is 1.49. The summed E-state index contributed by atoms with van der Waals surface area (Å²) in [7, 11) is -3.73. The van der Waals surface area contributed by atoms with Gasteiger partial charge in [-0.05, 0) is 30.5 Å². The van der Waals surface area contributed by atoms with E-state index in [4.69, 9.17) is 5.21 Å². The summed E-state index contributed by atoms with van der Waals surface area (Å²) in [5, 5.41) is 8.33. The SMILES string of the molecule is CSc1ccc(S(=O)(=O)NO)cc1. The lowest BCUT2D eigenvalue weighted by molar-refractivity contribution is 0.242. The zero-order valence-electron chi connectivity index (χ0n) is 6.89. The van der Waals surface area contributed by atoms with Crippen molar-refractivity contribution in [1.82, 2.24) is 4.89 Å². The van der Waals surface area contributed by atoms with Crippen LogP contribution < -0.4 is 4.89 Å². The predicted molar refractivity (Wildman–Crippen MR) is 50.3 cm³/mol. The van der Waals surface area contributed by atoms with Crippen LogP contribution >= 0.6 is 11.8 Å². The van der Waals surface area contributed by atoms with Crippen molar-refractivity contribution in [2.24, 2.45) is 0 Å². The fourth-order valence-electron chi connectivity index (χ4n) is 0.808. The molecule has 4 nitrogen and oxygen atoms in total. The highest BCUT2D eigenvalue weighted by Gasteiger charge is 2.11. The van der Waals surface area contributed by atoms with Crippen molar-refractivity contribution in [3.05, 3.63) is 24.3 Å². The third kappa shape index (κ3) is 2.44. The monoisotopic (exact) mass is 219 g/mol. The van der Waals surface area contributed by atoms with Crippen molar-refractivity contribution < 1.29 is 13.6 Å². The Bertz CT molecular complexity index is 371. The van der Waals surface area contributed by atoms with Gasteiger partial charge in [-0.1, -0.05) is 4.89 Å². The molecule has 6 heteroatoms. The zero-order chi connectivity index (χ0) is 9.90. The van der Waals surface area contributed by atoms with Crippen molar-refractivity contribution in [2.75, 3.05) is 6.26 Å². The topological polar surface area (TPSA) is 66.4 Å². The Kier molecular flexibility index (Phi) is 3.32. The average molecular weight is 219 g/mol. The molecule has 0 amide bonds. The molecule has 0 atom stereocenters. The molecule has 1 aromatic rings. The molecular weight excluding hydrogens is 210 g/mol. The molecular formula is C7H9NO3S2. The predicted octanol–water partition coefficient (Wildman–Crippen LogP) is 1.08. The standard InChI is InChI=1S/C7H9NO3S2/c1-12-6-2-4-7(5-3-6)13(10,11)8-9/h2-5,8-9H,1H3. The Balaban J connectivity index is 3.06. The molecule has 0 radical (unpaired) electrons. The molecule has 13 heavy (non-hydrogen) atoms. The number of thioether (sulfide) groups is 1. The number of sulfonamides is 1. The summed E-state index contributed by atoms with van der Waals surface area (Å²) in [6.45, 7) is 0. The highest BCUT2D eigenvalue weighted by Crippen LogP contribution is 2.16. The van der Waals surface area contributed by atoms with E-state index in [9.17, 15) is 8.42 Å². The molecule has 0 bridgehead atoms. The minimum Gasteiger partial charge on any atom is -0.302 e. The van der Waals surface area contributed by atoms with Crippen molar-refractivity contribution >= 4 is 21.8 Å². The molecule has 1 aromatic carbocycles. The zero-order valence-corrected chi connectivity index (χ0v) is 8.52. The Hall–Kier alpha value is -0.560. The summed E-state index contributed by atoms with van der Waals surface area (Å²) in [4.78, 5) is 2.28. The molecule has 0 heterocycles. The van der Waals surface area contributed by atoms with Gasteiger partial charge in [-0.25, -0.2) is 8.42 Å². The van der Waals surface area contributed by atoms with Crippen LogP contribution in [0.1, 0.15) is 0 Å². The first-order chi connectivity index (χ1) is 6.10. The van der Waals surface area contributed by atoms with Crippen LogP contribution in [-0.4, -0.2) is 19.9 Å². The van der Waals surface area contributed by atoms with Crippen LogP contribution in [0.25, 0.3) is 0 Å². The summed E-state index contributed by atoms with van der Waals surface area (Å²) in [5.74, 6) is 0. The van der Waals surface area contributed by atoms with Gasteiger partial charge in [0.05, 0.1) is 4.90 Å². The normalized spacial score (nSPS) is 11.5. The van der Waals surface area contributed by atoms with E-state index in [0.29, 0.717) is 0 Å². The van der Waals surface area contributed by atoms with E-state index in [0.717, 1.165) is 4.90 Å². The van der Waals surface area contributed by atoms with Gasteiger partial charge in [0.2, 0.25) is 0 Å². The van der Waals surface area contributed by atoms with Crippen molar-refractivity contribution in [3.63, 3.8) is 0 Å². The van der Waals surface area contributed by atoms with Crippen LogP contribution in [0.3, 0.4) is 0 Å². The molecule has 2 N–H and O–H groups in total. The van der Waals surface area contributed by atoms with Gasteiger partial charge in [0.15, 0.2) is 0 Å². The van der Waals surface area contributed by atoms with E-state index in [-0.39, 0.29) is 4.90 Å². The van der Waals surface area contributed by atoms with Crippen molar-refractivity contribution in [3.8, 4) is 0 Å². The first-order valence-electron chi connectivity index (χ1n) is 3.40. The van der Waals surface area contributed by atoms with Gasteiger partial charge in [0, 0.05) is 4.90 Å². The molecule has 0 fully saturated rings. The van der Waals surface area contributed by atoms with E-state index >= 15 is 0 Å². The number of hydrogen-bond acceptors (Lipinski definition) is 4. The van der Waals surface area contributed by atoms with E-state index in [1.165, 1.54) is 28.8 Å². The Morgan fingerprint density at radius 3 is 2.23 bits per heavy atom. The Morgan fingerprint density at radius 2 is 1.85 bits per heavy atom. The lowest BCUT2D eigenvalue weighted by atomic mass is 10.4. The molecule has 0 aliphatic rings. The highest BCUT2D eigenvalue weighted by molar-refractivity contribution is 7.98. The summed E-state index contributed by atoms with van der Waals surface area (Å²) >= 11 is 1.52. The molecule has 0 spiro atoms. The largest absolute Gasteiger partial charge is 0.302 e. The van der Waals surface area contributed by atoms with E-state index in [2.05, 4.69) is 0 Å². The molecule has 0 unspecified atom stereocenters. The number of rotatable bonds is 3. The first kappa shape index (κ1) is 10.5. The summed E-state index contributed by atoms with van der Waals surface area (Å²) in [6.07, 6.45) is 1.90. The maximum absolute atomic E-state index is 11.0. The van der Waals surface area contributed by atoms with Gasteiger partial charge in [0.1, 0.15) is 0 Å². The van der Waals surface area contributed by atoms with Crippen LogP contribution in [-0.2, 0) is 10.0 Å². The number of hydrogen-bond donors (Lipinski definition) is 2. The molecule has 0 saturated heterocycles. The van der Waals surface area contributed by atoms with Crippen molar-refractivity contribution in [2.45, 2.75) is 9.79 Å². The second-order valence-corrected chi connectivity index (χ2v) is 4.81. The maximum Gasteiger partial charge on any atom is 0.262 e. The highest BCUT2D eigenvalue weighted by atomic mass is 32.2. The first-order valence-corrected chi connectivity index (χ1v) is 6.11. The average Bonchev–Trinajstić information content (AvgIpc) is 2.18. The van der Waals surface area contributed by atoms with Gasteiger partial charge in [-0.15, -0.1) is 11.8 Å². The fourth-order valence-corrected chi connectivity index (χ4v) is 1.82. The van der Waals surface area contributed by atoms with Crippen LogP contribution in [0.15, 0.2) is 34.1 Å². The van der Waals surface area contributed by atoms with Gasteiger partial charge < -0.3 is 5.21 Å². The van der Waals surface area contributed by atoms with E-state index in [1.54, 1.807) is 12.1 Å². The lowest BCUT2D eigenvalue weighted by Crippen LogP contribution is -2.19. The van der Waals surface area contributed by atoms with Crippen molar-refractivity contribution in [1.29, 1.82) is 0 Å². The molecule has 0 aliphatic carbocycles.